The number of carbonyl (C=O) groups excluding carboxylic acids is 1. The summed E-state index contributed by atoms with van der Waals surface area (Å²) in [5, 5.41) is 0. The monoisotopic (exact) mass is 259 g/mol. The molecule has 0 N–H and O–H groups in total. The minimum absolute atomic E-state index is 0.0859. The lowest BCUT2D eigenvalue weighted by molar-refractivity contribution is -0.126. The molecule has 2 rings (SSSR count). The van der Waals surface area contributed by atoms with Gasteiger partial charge in [0.15, 0.2) is 0 Å². The van der Waals surface area contributed by atoms with E-state index < -0.39 is 0 Å². The molecule has 1 aliphatic carbocycles. The van der Waals surface area contributed by atoms with Gasteiger partial charge in [0.1, 0.15) is 5.75 Å². The summed E-state index contributed by atoms with van der Waals surface area (Å²) in [7, 11) is 3.54. The number of rotatable bonds is 4. The Morgan fingerprint density at radius 2 is 1.89 bits per heavy atom. The molecule has 3 nitrogen and oxygen atoms in total. The zero-order valence-corrected chi connectivity index (χ0v) is 11.6. The molecular weight excluding hydrogens is 238 g/mol. The summed E-state index contributed by atoms with van der Waals surface area (Å²) in [6.45, 7) is 0. The van der Waals surface area contributed by atoms with E-state index in [2.05, 4.69) is 0 Å². The van der Waals surface area contributed by atoms with Gasteiger partial charge >= 0.3 is 0 Å². The number of hydrogen-bond acceptors (Lipinski definition) is 2. The Balaban J connectivity index is 1.94. The fraction of sp³-hybridized carbons (Fsp3) is 0.438. The van der Waals surface area contributed by atoms with Crippen LogP contribution in [0.1, 0.15) is 31.2 Å². The highest BCUT2D eigenvalue weighted by Crippen LogP contribution is 2.22. The molecule has 0 radical (unpaired) electrons. The smallest absolute Gasteiger partial charge is 0.246 e. The minimum atomic E-state index is 0.0859. The normalized spacial score (nSPS) is 15.9. The fourth-order valence-electron chi connectivity index (χ4n) is 2.47. The van der Waals surface area contributed by atoms with Gasteiger partial charge in [-0.05, 0) is 36.6 Å². The molecule has 0 saturated heterocycles. The fourth-order valence-corrected chi connectivity index (χ4v) is 2.47. The molecule has 1 aromatic rings. The topological polar surface area (TPSA) is 29.5 Å². The zero-order chi connectivity index (χ0) is 13.7. The maximum Gasteiger partial charge on any atom is 0.246 e. The lowest BCUT2D eigenvalue weighted by Gasteiger charge is -2.22. The third-order valence-electron chi connectivity index (χ3n) is 3.75. The Kier molecular flexibility index (Phi) is 4.61. The molecule has 102 valence electrons. The molecule has 0 bridgehead atoms. The van der Waals surface area contributed by atoms with E-state index in [1.807, 2.05) is 42.3 Å². The van der Waals surface area contributed by atoms with Crippen LogP contribution in [-0.2, 0) is 4.79 Å². The number of nitrogens with zero attached hydrogens (tertiary/aromatic N) is 1. The standard InChI is InChI=1S/C16H21NO2/c1-17(14-5-3-4-6-14)16(18)12-9-13-7-10-15(19-2)11-8-13/h7-12,14H,3-6H2,1-2H3/b12-9+. The first kappa shape index (κ1) is 13.7. The van der Waals surface area contributed by atoms with Crippen molar-refractivity contribution in [2.45, 2.75) is 31.7 Å². The van der Waals surface area contributed by atoms with Crippen molar-refractivity contribution in [3.8, 4) is 5.75 Å². The quantitative estimate of drug-likeness (QED) is 0.778. The number of likely N-dealkylation sites (N-methyl/N-ethyl adjacent to an activating group) is 1. The molecule has 0 aliphatic heterocycles. The van der Waals surface area contributed by atoms with E-state index in [9.17, 15) is 4.79 Å². The Labute approximate surface area is 114 Å². The highest BCUT2D eigenvalue weighted by Gasteiger charge is 2.21. The van der Waals surface area contributed by atoms with Crippen molar-refractivity contribution in [3.05, 3.63) is 35.9 Å². The number of amides is 1. The van der Waals surface area contributed by atoms with Gasteiger partial charge in [-0.3, -0.25) is 4.79 Å². The molecule has 1 saturated carbocycles. The second kappa shape index (κ2) is 6.41. The van der Waals surface area contributed by atoms with Gasteiger partial charge in [0.25, 0.3) is 0 Å². The maximum atomic E-state index is 12.0. The van der Waals surface area contributed by atoms with Gasteiger partial charge in [-0.2, -0.15) is 0 Å². The molecule has 0 heterocycles. The van der Waals surface area contributed by atoms with Crippen LogP contribution in [0.15, 0.2) is 30.3 Å². The average Bonchev–Trinajstić information content (AvgIpc) is 2.98. The molecule has 0 unspecified atom stereocenters. The zero-order valence-electron chi connectivity index (χ0n) is 11.6. The van der Waals surface area contributed by atoms with Crippen LogP contribution in [0.3, 0.4) is 0 Å². The van der Waals surface area contributed by atoms with E-state index in [0.29, 0.717) is 6.04 Å². The summed E-state index contributed by atoms with van der Waals surface area (Å²) < 4.78 is 5.10. The molecule has 0 spiro atoms. The van der Waals surface area contributed by atoms with Crippen LogP contribution in [0.2, 0.25) is 0 Å². The van der Waals surface area contributed by atoms with E-state index in [1.54, 1.807) is 13.2 Å². The number of methoxy groups -OCH3 is 1. The van der Waals surface area contributed by atoms with Crippen LogP contribution in [0, 0.1) is 0 Å². The second-order valence-corrected chi connectivity index (χ2v) is 4.99. The van der Waals surface area contributed by atoms with Gasteiger partial charge in [0.2, 0.25) is 5.91 Å². The molecule has 19 heavy (non-hydrogen) atoms. The minimum Gasteiger partial charge on any atom is -0.497 e. The summed E-state index contributed by atoms with van der Waals surface area (Å²) >= 11 is 0. The lowest BCUT2D eigenvalue weighted by atomic mass is 10.2. The SMILES string of the molecule is COc1ccc(/C=C/C(=O)N(C)C2CCCC2)cc1. The van der Waals surface area contributed by atoms with Crippen molar-refractivity contribution in [1.29, 1.82) is 0 Å². The largest absolute Gasteiger partial charge is 0.497 e. The van der Waals surface area contributed by atoms with Crippen LogP contribution >= 0.6 is 0 Å². The van der Waals surface area contributed by atoms with Crippen LogP contribution in [-0.4, -0.2) is 31.0 Å². The second-order valence-electron chi connectivity index (χ2n) is 4.99. The summed E-state index contributed by atoms with van der Waals surface area (Å²) in [5.41, 5.74) is 1.01. The number of carbonyl (C=O) groups is 1. The van der Waals surface area contributed by atoms with Gasteiger partial charge in [-0.15, -0.1) is 0 Å². The summed E-state index contributed by atoms with van der Waals surface area (Å²) in [6, 6.07) is 8.10. The summed E-state index contributed by atoms with van der Waals surface area (Å²) in [5.74, 6) is 0.911. The van der Waals surface area contributed by atoms with Crippen molar-refractivity contribution in [3.63, 3.8) is 0 Å². The molecular formula is C16H21NO2. The lowest BCUT2D eigenvalue weighted by Crippen LogP contribution is -2.33. The maximum absolute atomic E-state index is 12.0. The van der Waals surface area contributed by atoms with Crippen LogP contribution in [0.25, 0.3) is 6.08 Å². The highest BCUT2D eigenvalue weighted by atomic mass is 16.5. The highest BCUT2D eigenvalue weighted by molar-refractivity contribution is 5.91. The van der Waals surface area contributed by atoms with Crippen molar-refractivity contribution in [1.82, 2.24) is 4.90 Å². The van der Waals surface area contributed by atoms with Gasteiger partial charge in [-0.25, -0.2) is 0 Å². The molecule has 0 aromatic heterocycles. The third-order valence-corrected chi connectivity index (χ3v) is 3.75. The molecule has 1 amide bonds. The Morgan fingerprint density at radius 1 is 1.26 bits per heavy atom. The van der Waals surface area contributed by atoms with Gasteiger partial charge in [-0.1, -0.05) is 25.0 Å². The first-order chi connectivity index (χ1) is 9.20. The van der Waals surface area contributed by atoms with Gasteiger partial charge in [0.05, 0.1) is 7.11 Å². The van der Waals surface area contributed by atoms with Crippen molar-refractivity contribution < 1.29 is 9.53 Å². The van der Waals surface area contributed by atoms with Crippen LogP contribution in [0.4, 0.5) is 0 Å². The number of ether oxygens (including phenoxy) is 1. The first-order valence-electron chi connectivity index (χ1n) is 6.79. The number of hydrogen-bond donors (Lipinski definition) is 0. The Morgan fingerprint density at radius 3 is 2.47 bits per heavy atom. The molecule has 1 aliphatic rings. The van der Waals surface area contributed by atoms with Crippen molar-refractivity contribution in [2.75, 3.05) is 14.2 Å². The molecule has 0 atom stereocenters. The van der Waals surface area contributed by atoms with E-state index in [0.717, 1.165) is 24.2 Å². The summed E-state index contributed by atoms with van der Waals surface area (Å²) in [6.07, 6.45) is 8.26. The average molecular weight is 259 g/mol. The molecule has 1 aromatic carbocycles. The predicted octanol–water partition coefficient (Wildman–Crippen LogP) is 3.11. The van der Waals surface area contributed by atoms with Crippen LogP contribution < -0.4 is 4.74 Å². The Hall–Kier alpha value is -1.77. The van der Waals surface area contributed by atoms with E-state index in [1.165, 1.54) is 12.8 Å². The van der Waals surface area contributed by atoms with E-state index in [-0.39, 0.29) is 5.91 Å². The van der Waals surface area contributed by atoms with E-state index in [4.69, 9.17) is 4.74 Å². The first-order valence-corrected chi connectivity index (χ1v) is 6.79. The van der Waals surface area contributed by atoms with Crippen molar-refractivity contribution >= 4 is 12.0 Å². The Bertz CT molecular complexity index is 444. The predicted molar refractivity (Wildman–Crippen MR) is 77.1 cm³/mol. The molecule has 1 fully saturated rings. The van der Waals surface area contributed by atoms with Crippen LogP contribution in [0.5, 0.6) is 5.75 Å². The van der Waals surface area contributed by atoms with Crippen molar-refractivity contribution in [2.24, 2.45) is 0 Å². The van der Waals surface area contributed by atoms with Gasteiger partial charge in [0, 0.05) is 19.2 Å². The molecule has 3 heteroatoms. The summed E-state index contributed by atoms with van der Waals surface area (Å²) in [4.78, 5) is 13.9. The van der Waals surface area contributed by atoms with E-state index >= 15 is 0 Å². The number of benzene rings is 1. The van der Waals surface area contributed by atoms with Gasteiger partial charge < -0.3 is 9.64 Å². The third kappa shape index (κ3) is 3.60.